The van der Waals surface area contributed by atoms with Gasteiger partial charge in [0.15, 0.2) is 6.10 Å². The molecule has 3 aromatic rings. The number of ether oxygens (including phenoxy) is 2. The fraction of sp³-hybridized carbons (Fsp3) is 0.176. The molecule has 0 bridgehead atoms. The van der Waals surface area contributed by atoms with Gasteiger partial charge in [-0.05, 0) is 41.3 Å². The van der Waals surface area contributed by atoms with Crippen LogP contribution in [-0.2, 0) is 6.54 Å². The van der Waals surface area contributed by atoms with Gasteiger partial charge in [0.2, 0.25) is 0 Å². The molecule has 4 rings (SSSR count). The zero-order chi connectivity index (χ0) is 18.1. The van der Waals surface area contributed by atoms with Crippen molar-refractivity contribution in [2.75, 3.05) is 6.61 Å². The van der Waals surface area contributed by atoms with Crippen LogP contribution in [0.5, 0.6) is 11.8 Å². The van der Waals surface area contributed by atoms with Crippen LogP contribution in [0.15, 0.2) is 48.8 Å². The Morgan fingerprint density at radius 3 is 2.77 bits per heavy atom. The monoisotopic (exact) mass is 356 g/mol. The minimum absolute atomic E-state index is 0.218. The lowest BCUT2D eigenvalue weighted by Gasteiger charge is -2.11. The van der Waals surface area contributed by atoms with E-state index in [1.54, 1.807) is 35.0 Å². The van der Waals surface area contributed by atoms with Crippen LogP contribution in [0.1, 0.15) is 0 Å². The summed E-state index contributed by atoms with van der Waals surface area (Å²) in [5, 5.41) is 10.7. The van der Waals surface area contributed by atoms with E-state index in [1.165, 1.54) is 18.3 Å². The molecule has 1 aliphatic rings. The number of fused-ring (bicyclic) bond motifs is 1. The Kier molecular flexibility index (Phi) is 3.96. The molecular formula is C17H13FN4O4. The molecule has 0 N–H and O–H groups in total. The maximum atomic E-state index is 13.0. The number of nitro groups is 1. The number of halogens is 1. The van der Waals surface area contributed by atoms with Gasteiger partial charge < -0.3 is 19.6 Å². The summed E-state index contributed by atoms with van der Waals surface area (Å²) >= 11 is 0. The van der Waals surface area contributed by atoms with Gasteiger partial charge in [0.25, 0.3) is 0 Å². The summed E-state index contributed by atoms with van der Waals surface area (Å²) in [6, 6.07) is 9.85. The molecule has 0 radical (unpaired) electrons. The van der Waals surface area contributed by atoms with E-state index in [4.69, 9.17) is 9.47 Å². The SMILES string of the molecule is O=[N+]([O-])c1cn2c(n1)O[C@H](COc1ccc(-c3ccc(F)cc3)nc1)C2. The highest BCUT2D eigenvalue weighted by atomic mass is 19.1. The van der Waals surface area contributed by atoms with Crippen molar-refractivity contribution in [3.63, 3.8) is 0 Å². The van der Waals surface area contributed by atoms with Crippen molar-refractivity contribution in [2.45, 2.75) is 12.6 Å². The topological polar surface area (TPSA) is 92.3 Å². The lowest BCUT2D eigenvalue weighted by Crippen LogP contribution is -2.23. The van der Waals surface area contributed by atoms with Gasteiger partial charge in [-0.15, -0.1) is 0 Å². The highest BCUT2D eigenvalue weighted by molar-refractivity contribution is 5.59. The summed E-state index contributed by atoms with van der Waals surface area (Å²) < 4.78 is 25.7. The molecule has 1 aromatic carbocycles. The number of nitrogens with zero attached hydrogens (tertiary/aromatic N) is 4. The first-order valence-corrected chi connectivity index (χ1v) is 7.81. The van der Waals surface area contributed by atoms with Crippen LogP contribution in [0, 0.1) is 15.9 Å². The molecule has 0 fully saturated rings. The zero-order valence-corrected chi connectivity index (χ0v) is 13.4. The first kappa shape index (κ1) is 16.0. The van der Waals surface area contributed by atoms with Gasteiger partial charge in [0.1, 0.15) is 24.4 Å². The number of benzene rings is 1. The minimum atomic E-state index is -0.561. The summed E-state index contributed by atoms with van der Waals surface area (Å²) in [6.45, 7) is 0.687. The largest absolute Gasteiger partial charge is 0.488 e. The number of hydrogen-bond acceptors (Lipinski definition) is 6. The van der Waals surface area contributed by atoms with Gasteiger partial charge in [-0.2, -0.15) is 0 Å². The number of pyridine rings is 1. The van der Waals surface area contributed by atoms with Crippen LogP contribution in [0.3, 0.4) is 0 Å². The van der Waals surface area contributed by atoms with Crippen LogP contribution in [0.4, 0.5) is 10.2 Å². The van der Waals surface area contributed by atoms with E-state index in [1.807, 2.05) is 0 Å². The predicted molar refractivity (Wildman–Crippen MR) is 88.4 cm³/mol. The third-order valence-electron chi connectivity index (χ3n) is 3.90. The molecule has 0 spiro atoms. The van der Waals surface area contributed by atoms with Gasteiger partial charge in [-0.1, -0.05) is 0 Å². The second-order valence-electron chi connectivity index (χ2n) is 5.73. The van der Waals surface area contributed by atoms with Crippen molar-refractivity contribution in [1.82, 2.24) is 14.5 Å². The molecule has 0 unspecified atom stereocenters. The Balaban J connectivity index is 1.34. The number of aromatic nitrogens is 3. The second kappa shape index (κ2) is 6.43. The molecular weight excluding hydrogens is 343 g/mol. The normalized spacial score (nSPS) is 15.3. The lowest BCUT2D eigenvalue weighted by molar-refractivity contribution is -0.389. The van der Waals surface area contributed by atoms with Crippen molar-refractivity contribution >= 4 is 5.82 Å². The van der Waals surface area contributed by atoms with Gasteiger partial charge in [0.05, 0.1) is 18.4 Å². The van der Waals surface area contributed by atoms with Crippen LogP contribution in [-0.4, -0.2) is 32.2 Å². The molecule has 1 aliphatic heterocycles. The molecule has 1 atom stereocenters. The maximum absolute atomic E-state index is 13.0. The van der Waals surface area contributed by atoms with E-state index < -0.39 is 4.92 Å². The smallest absolute Gasteiger partial charge is 0.414 e. The van der Waals surface area contributed by atoms with Gasteiger partial charge in [0, 0.05) is 10.5 Å². The summed E-state index contributed by atoms with van der Waals surface area (Å²) in [5.74, 6) is 0.0329. The third-order valence-corrected chi connectivity index (χ3v) is 3.90. The average molecular weight is 356 g/mol. The maximum Gasteiger partial charge on any atom is 0.414 e. The van der Waals surface area contributed by atoms with Crippen LogP contribution in [0.25, 0.3) is 11.3 Å². The van der Waals surface area contributed by atoms with Crippen molar-refractivity contribution < 1.29 is 18.8 Å². The Bertz CT molecular complexity index is 917. The highest BCUT2D eigenvalue weighted by Gasteiger charge is 2.31. The highest BCUT2D eigenvalue weighted by Crippen LogP contribution is 2.25. The molecule has 132 valence electrons. The standard InChI is InChI=1S/C17H13FN4O4/c18-12-3-1-11(2-4-12)15-6-5-13(7-19-15)25-10-14-8-21-9-16(22(23)24)20-17(21)26-14/h1-7,9,14H,8,10H2/t14-/m0/s1. The summed E-state index contributed by atoms with van der Waals surface area (Å²) in [6.07, 6.45) is 2.64. The van der Waals surface area contributed by atoms with Crippen LogP contribution >= 0.6 is 0 Å². The van der Waals surface area contributed by atoms with E-state index >= 15 is 0 Å². The number of hydrogen-bond donors (Lipinski definition) is 0. The fourth-order valence-corrected chi connectivity index (χ4v) is 2.64. The summed E-state index contributed by atoms with van der Waals surface area (Å²) in [5.41, 5.74) is 1.52. The summed E-state index contributed by atoms with van der Waals surface area (Å²) in [4.78, 5) is 18.2. The van der Waals surface area contributed by atoms with Crippen molar-refractivity contribution in [3.8, 4) is 23.0 Å². The van der Waals surface area contributed by atoms with E-state index in [-0.39, 0.29) is 30.4 Å². The van der Waals surface area contributed by atoms with E-state index in [2.05, 4.69) is 9.97 Å². The van der Waals surface area contributed by atoms with Gasteiger partial charge >= 0.3 is 11.8 Å². The Morgan fingerprint density at radius 1 is 1.31 bits per heavy atom. The first-order valence-electron chi connectivity index (χ1n) is 7.81. The van der Waals surface area contributed by atoms with Gasteiger partial charge in [-0.3, -0.25) is 9.55 Å². The molecule has 0 saturated heterocycles. The fourth-order valence-electron chi connectivity index (χ4n) is 2.64. The average Bonchev–Trinajstić information content (AvgIpc) is 3.20. The Labute approximate surface area is 147 Å². The third kappa shape index (κ3) is 3.18. The lowest BCUT2D eigenvalue weighted by atomic mass is 10.1. The molecule has 0 saturated carbocycles. The quantitative estimate of drug-likeness (QED) is 0.516. The minimum Gasteiger partial charge on any atom is -0.488 e. The molecule has 0 aliphatic carbocycles. The Morgan fingerprint density at radius 2 is 2.12 bits per heavy atom. The molecule has 0 amide bonds. The first-order chi connectivity index (χ1) is 12.6. The van der Waals surface area contributed by atoms with Gasteiger partial charge in [-0.25, -0.2) is 4.39 Å². The van der Waals surface area contributed by atoms with Crippen LogP contribution < -0.4 is 9.47 Å². The van der Waals surface area contributed by atoms with Crippen molar-refractivity contribution in [3.05, 3.63) is 64.7 Å². The van der Waals surface area contributed by atoms with E-state index in [0.717, 1.165) is 5.56 Å². The van der Waals surface area contributed by atoms with E-state index in [9.17, 15) is 14.5 Å². The summed E-state index contributed by atoms with van der Waals surface area (Å²) in [7, 11) is 0. The predicted octanol–water partition coefficient (Wildman–Crippen LogP) is 2.83. The number of rotatable bonds is 5. The van der Waals surface area contributed by atoms with Crippen molar-refractivity contribution in [1.29, 1.82) is 0 Å². The number of imidazole rings is 1. The zero-order valence-electron chi connectivity index (χ0n) is 13.4. The molecule has 26 heavy (non-hydrogen) atoms. The van der Waals surface area contributed by atoms with Crippen LogP contribution in [0.2, 0.25) is 0 Å². The molecule has 9 heteroatoms. The molecule has 2 aromatic heterocycles. The van der Waals surface area contributed by atoms with E-state index in [0.29, 0.717) is 18.0 Å². The second-order valence-corrected chi connectivity index (χ2v) is 5.73. The molecule has 8 nitrogen and oxygen atoms in total. The van der Waals surface area contributed by atoms with Crippen molar-refractivity contribution in [2.24, 2.45) is 0 Å². The molecule has 3 heterocycles. The Hall–Kier alpha value is -3.49.